The lowest BCUT2D eigenvalue weighted by molar-refractivity contribution is -0.0907. The number of hydrogen-bond donors (Lipinski definition) is 0. The topological polar surface area (TPSA) is 18.5 Å². The van der Waals surface area contributed by atoms with Crippen molar-refractivity contribution in [3.8, 4) is 0 Å². The van der Waals surface area contributed by atoms with E-state index in [0.29, 0.717) is 0 Å². The van der Waals surface area contributed by atoms with Crippen molar-refractivity contribution in [2.75, 3.05) is 13.2 Å². The predicted octanol–water partition coefficient (Wildman–Crippen LogP) is 4.26. The maximum atomic E-state index is 5.96. The third kappa shape index (κ3) is 6.36. The summed E-state index contributed by atoms with van der Waals surface area (Å²) in [6.07, 6.45) is 7.26. The first-order chi connectivity index (χ1) is 8.59. The zero-order valence-electron chi connectivity index (χ0n) is 12.0. The van der Waals surface area contributed by atoms with E-state index in [0.717, 1.165) is 38.9 Å². The van der Waals surface area contributed by atoms with Crippen LogP contribution in [0.25, 0.3) is 0 Å². The molecular formula is C16H28O2. The zero-order chi connectivity index (χ0) is 13.4. The van der Waals surface area contributed by atoms with Crippen LogP contribution in [0.2, 0.25) is 0 Å². The second-order valence-corrected chi connectivity index (χ2v) is 5.52. The molecule has 0 amide bonds. The SMILES string of the molecule is C=C(C)CCOC1CCCCC1OCCC(=C)C. The Morgan fingerprint density at radius 1 is 0.889 bits per heavy atom. The lowest BCUT2D eigenvalue weighted by Gasteiger charge is -2.31. The molecule has 1 rings (SSSR count). The first-order valence-corrected chi connectivity index (χ1v) is 7.11. The van der Waals surface area contributed by atoms with Gasteiger partial charge >= 0.3 is 0 Å². The van der Waals surface area contributed by atoms with Crippen molar-refractivity contribution < 1.29 is 9.47 Å². The molecular weight excluding hydrogens is 224 g/mol. The minimum absolute atomic E-state index is 0.281. The Hall–Kier alpha value is -0.600. The summed E-state index contributed by atoms with van der Waals surface area (Å²) in [5, 5.41) is 0. The van der Waals surface area contributed by atoms with E-state index in [4.69, 9.17) is 9.47 Å². The van der Waals surface area contributed by atoms with Gasteiger partial charge in [-0.15, -0.1) is 13.2 Å². The standard InChI is InChI=1S/C16H28O2/c1-13(2)9-11-17-15-7-5-6-8-16(15)18-12-10-14(3)4/h15-16H,1,3,5-12H2,2,4H3. The van der Waals surface area contributed by atoms with Gasteiger partial charge in [0.05, 0.1) is 25.4 Å². The molecule has 1 fully saturated rings. The zero-order valence-corrected chi connectivity index (χ0v) is 12.0. The molecule has 0 N–H and O–H groups in total. The van der Waals surface area contributed by atoms with E-state index in [9.17, 15) is 0 Å². The molecule has 0 heterocycles. The minimum atomic E-state index is 0.281. The summed E-state index contributed by atoms with van der Waals surface area (Å²) < 4.78 is 11.9. The van der Waals surface area contributed by atoms with Crippen LogP contribution in [0.1, 0.15) is 52.4 Å². The van der Waals surface area contributed by atoms with Crippen LogP contribution in [-0.2, 0) is 9.47 Å². The summed E-state index contributed by atoms with van der Waals surface area (Å²) in [6, 6.07) is 0. The highest BCUT2D eigenvalue weighted by Gasteiger charge is 2.26. The Bertz CT molecular complexity index is 242. The Morgan fingerprint density at radius 2 is 1.28 bits per heavy atom. The average molecular weight is 252 g/mol. The quantitative estimate of drug-likeness (QED) is 0.601. The van der Waals surface area contributed by atoms with E-state index >= 15 is 0 Å². The molecule has 1 aliphatic carbocycles. The fourth-order valence-corrected chi connectivity index (χ4v) is 2.21. The van der Waals surface area contributed by atoms with Crippen LogP contribution in [0.5, 0.6) is 0 Å². The van der Waals surface area contributed by atoms with E-state index in [2.05, 4.69) is 13.2 Å². The molecule has 2 unspecified atom stereocenters. The Balaban J connectivity index is 2.27. The number of hydrogen-bond acceptors (Lipinski definition) is 2. The highest BCUT2D eigenvalue weighted by Crippen LogP contribution is 2.24. The summed E-state index contributed by atoms with van der Waals surface area (Å²) in [5.74, 6) is 0. The van der Waals surface area contributed by atoms with E-state index in [1.165, 1.54) is 24.0 Å². The molecule has 2 nitrogen and oxygen atoms in total. The fraction of sp³-hybridized carbons (Fsp3) is 0.750. The first-order valence-electron chi connectivity index (χ1n) is 7.11. The molecule has 1 saturated carbocycles. The highest BCUT2D eigenvalue weighted by molar-refractivity contribution is 4.89. The van der Waals surface area contributed by atoms with Crippen LogP contribution in [0.15, 0.2) is 24.3 Å². The largest absolute Gasteiger partial charge is 0.375 e. The van der Waals surface area contributed by atoms with Gasteiger partial charge in [0.15, 0.2) is 0 Å². The van der Waals surface area contributed by atoms with Crippen LogP contribution in [0.3, 0.4) is 0 Å². The van der Waals surface area contributed by atoms with Crippen molar-refractivity contribution >= 4 is 0 Å². The second-order valence-electron chi connectivity index (χ2n) is 5.52. The maximum Gasteiger partial charge on any atom is 0.0836 e. The van der Waals surface area contributed by atoms with Gasteiger partial charge < -0.3 is 9.47 Å². The summed E-state index contributed by atoms with van der Waals surface area (Å²) in [5.41, 5.74) is 2.37. The van der Waals surface area contributed by atoms with E-state index in [-0.39, 0.29) is 12.2 Å². The molecule has 0 aromatic rings. The van der Waals surface area contributed by atoms with Gasteiger partial charge in [-0.25, -0.2) is 0 Å². The molecule has 18 heavy (non-hydrogen) atoms. The molecule has 0 spiro atoms. The van der Waals surface area contributed by atoms with Crippen molar-refractivity contribution in [1.29, 1.82) is 0 Å². The van der Waals surface area contributed by atoms with Gasteiger partial charge in [-0.05, 0) is 39.5 Å². The van der Waals surface area contributed by atoms with Gasteiger partial charge in [0, 0.05) is 0 Å². The molecule has 2 heteroatoms. The monoisotopic (exact) mass is 252 g/mol. The van der Waals surface area contributed by atoms with E-state index in [1.807, 2.05) is 13.8 Å². The third-order valence-electron chi connectivity index (χ3n) is 3.36. The molecule has 0 aliphatic heterocycles. The van der Waals surface area contributed by atoms with Crippen LogP contribution in [0, 0.1) is 0 Å². The summed E-state index contributed by atoms with van der Waals surface area (Å²) in [6.45, 7) is 13.5. The smallest absolute Gasteiger partial charge is 0.0836 e. The van der Waals surface area contributed by atoms with Crippen LogP contribution in [-0.4, -0.2) is 25.4 Å². The molecule has 2 atom stereocenters. The summed E-state index contributed by atoms with van der Waals surface area (Å²) >= 11 is 0. The lowest BCUT2D eigenvalue weighted by atomic mass is 9.94. The summed E-state index contributed by atoms with van der Waals surface area (Å²) in [4.78, 5) is 0. The first kappa shape index (κ1) is 15.5. The molecule has 0 bridgehead atoms. The molecule has 0 aromatic heterocycles. The van der Waals surface area contributed by atoms with Gasteiger partial charge in [-0.1, -0.05) is 24.0 Å². The number of ether oxygens (including phenoxy) is 2. The molecule has 104 valence electrons. The van der Waals surface area contributed by atoms with Crippen molar-refractivity contribution in [2.45, 2.75) is 64.6 Å². The lowest BCUT2D eigenvalue weighted by Crippen LogP contribution is -2.35. The Kier molecular flexibility index (Phi) is 7.29. The van der Waals surface area contributed by atoms with Crippen molar-refractivity contribution in [3.63, 3.8) is 0 Å². The van der Waals surface area contributed by atoms with Crippen LogP contribution >= 0.6 is 0 Å². The van der Waals surface area contributed by atoms with Crippen molar-refractivity contribution in [3.05, 3.63) is 24.3 Å². The maximum absolute atomic E-state index is 5.96. The average Bonchev–Trinajstić information content (AvgIpc) is 2.30. The summed E-state index contributed by atoms with van der Waals surface area (Å²) in [7, 11) is 0. The van der Waals surface area contributed by atoms with Gasteiger partial charge in [-0.3, -0.25) is 0 Å². The van der Waals surface area contributed by atoms with Crippen molar-refractivity contribution in [1.82, 2.24) is 0 Å². The van der Waals surface area contributed by atoms with E-state index < -0.39 is 0 Å². The third-order valence-corrected chi connectivity index (χ3v) is 3.36. The molecule has 1 aliphatic rings. The van der Waals surface area contributed by atoms with Gasteiger partial charge in [-0.2, -0.15) is 0 Å². The Morgan fingerprint density at radius 3 is 1.61 bits per heavy atom. The minimum Gasteiger partial charge on any atom is -0.375 e. The Labute approximate surface area is 112 Å². The van der Waals surface area contributed by atoms with Crippen LogP contribution < -0.4 is 0 Å². The van der Waals surface area contributed by atoms with Crippen LogP contribution in [0.4, 0.5) is 0 Å². The second kappa shape index (κ2) is 8.49. The fourth-order valence-electron chi connectivity index (χ4n) is 2.21. The number of rotatable bonds is 8. The molecule has 0 radical (unpaired) electrons. The van der Waals surface area contributed by atoms with Gasteiger partial charge in [0.1, 0.15) is 0 Å². The molecule has 0 aromatic carbocycles. The van der Waals surface area contributed by atoms with Crippen molar-refractivity contribution in [2.24, 2.45) is 0 Å². The molecule has 0 saturated heterocycles. The van der Waals surface area contributed by atoms with Gasteiger partial charge in [0.25, 0.3) is 0 Å². The van der Waals surface area contributed by atoms with Gasteiger partial charge in [0.2, 0.25) is 0 Å². The highest BCUT2D eigenvalue weighted by atomic mass is 16.5. The normalized spacial score (nSPS) is 23.9. The van der Waals surface area contributed by atoms with E-state index in [1.54, 1.807) is 0 Å². The predicted molar refractivity (Wildman–Crippen MR) is 76.8 cm³/mol.